The first-order chi connectivity index (χ1) is 15.5. The lowest BCUT2D eigenvalue weighted by molar-refractivity contribution is -0.128. The minimum atomic E-state index is -0.00353. The number of amides is 1. The fourth-order valence-corrected chi connectivity index (χ4v) is 4.90. The molecule has 4 aromatic rings. The molecule has 0 saturated heterocycles. The Morgan fingerprint density at radius 1 is 0.938 bits per heavy atom. The Hall–Kier alpha value is -3.44. The van der Waals surface area contributed by atoms with Crippen molar-refractivity contribution in [3.63, 3.8) is 0 Å². The number of rotatable bonds is 7. The van der Waals surface area contributed by atoms with Gasteiger partial charge in [-0.05, 0) is 35.7 Å². The molecular weight excluding hydrogens is 418 g/mol. The van der Waals surface area contributed by atoms with Gasteiger partial charge >= 0.3 is 0 Å². The number of ether oxygens (including phenoxy) is 1. The predicted octanol–water partition coefficient (Wildman–Crippen LogP) is 5.83. The number of aryl methyl sites for hydroxylation is 1. The first-order valence-corrected chi connectivity index (χ1v) is 11.3. The lowest BCUT2D eigenvalue weighted by Crippen LogP contribution is -2.21. The fourth-order valence-electron chi connectivity index (χ4n) is 3.66. The topological polar surface area (TPSA) is 46.6 Å². The lowest BCUT2D eigenvalue weighted by atomic mass is 9.96. The van der Waals surface area contributed by atoms with E-state index in [1.54, 1.807) is 37.4 Å². The van der Waals surface area contributed by atoms with Gasteiger partial charge in [-0.15, -0.1) is 11.3 Å². The van der Waals surface area contributed by atoms with Crippen LogP contribution in [0.4, 0.5) is 0 Å². The third-order valence-electron chi connectivity index (χ3n) is 5.50. The van der Waals surface area contributed by atoms with Gasteiger partial charge in [0.15, 0.2) is 5.78 Å². The second-order valence-electron chi connectivity index (χ2n) is 7.85. The molecule has 0 saturated carbocycles. The monoisotopic (exact) mass is 443 g/mol. The smallest absolute Gasteiger partial charge is 0.222 e. The minimum Gasteiger partial charge on any atom is -0.497 e. The number of fused-ring (bicyclic) bond motifs is 1. The van der Waals surface area contributed by atoms with Crippen LogP contribution in [0, 0.1) is 0 Å². The van der Waals surface area contributed by atoms with Gasteiger partial charge in [0.05, 0.1) is 7.11 Å². The van der Waals surface area contributed by atoms with Crippen LogP contribution in [0.2, 0.25) is 0 Å². The highest BCUT2D eigenvalue weighted by Crippen LogP contribution is 2.41. The number of carbonyl (C=O) groups is 2. The molecule has 0 aliphatic carbocycles. The molecule has 0 radical (unpaired) electrons. The molecule has 5 heteroatoms. The summed E-state index contributed by atoms with van der Waals surface area (Å²) in [6.45, 7) is 0. The second-order valence-corrected chi connectivity index (χ2v) is 8.90. The Kier molecular flexibility index (Phi) is 6.37. The van der Waals surface area contributed by atoms with Gasteiger partial charge in [-0.3, -0.25) is 9.59 Å². The number of hydrogen-bond donors (Lipinski definition) is 0. The maximum absolute atomic E-state index is 13.7. The molecular formula is C27H25NO3S. The molecule has 0 unspecified atom stereocenters. The van der Waals surface area contributed by atoms with Crippen LogP contribution in [0.3, 0.4) is 0 Å². The zero-order chi connectivity index (χ0) is 22.7. The summed E-state index contributed by atoms with van der Waals surface area (Å²) in [6, 6.07) is 23.4. The average Bonchev–Trinajstić information content (AvgIpc) is 3.21. The maximum Gasteiger partial charge on any atom is 0.222 e. The summed E-state index contributed by atoms with van der Waals surface area (Å²) in [5, 5.41) is 0.931. The number of methoxy groups -OCH3 is 1. The molecule has 162 valence electrons. The van der Waals surface area contributed by atoms with Crippen molar-refractivity contribution >= 4 is 33.1 Å². The van der Waals surface area contributed by atoms with Gasteiger partial charge in [-0.25, -0.2) is 0 Å². The maximum atomic E-state index is 13.7. The van der Waals surface area contributed by atoms with E-state index in [1.807, 2.05) is 72.8 Å². The molecule has 1 aromatic heterocycles. The molecule has 0 N–H and O–H groups in total. The van der Waals surface area contributed by atoms with Crippen LogP contribution in [0.5, 0.6) is 5.75 Å². The SMILES string of the molecule is COc1ccc2c(C(=O)c3ccc(CCC(=O)N(C)C)cc3)c(-c3ccccc3)sc2c1. The van der Waals surface area contributed by atoms with E-state index in [0.717, 1.165) is 37.4 Å². The first-order valence-electron chi connectivity index (χ1n) is 10.5. The average molecular weight is 444 g/mol. The van der Waals surface area contributed by atoms with Crippen molar-refractivity contribution in [2.45, 2.75) is 12.8 Å². The van der Waals surface area contributed by atoms with Crippen LogP contribution in [0.25, 0.3) is 20.5 Å². The van der Waals surface area contributed by atoms with Gasteiger partial charge in [0.2, 0.25) is 5.91 Å². The van der Waals surface area contributed by atoms with E-state index in [1.165, 1.54) is 0 Å². The largest absolute Gasteiger partial charge is 0.497 e. The third kappa shape index (κ3) is 4.43. The standard InChI is InChI=1S/C27H25NO3S/c1-28(2)24(29)16-11-18-9-12-19(13-10-18)26(30)25-22-15-14-21(31-3)17-23(22)32-27(25)20-7-5-4-6-8-20/h4-10,12-15,17H,11,16H2,1-3H3. The fraction of sp³-hybridized carbons (Fsp3) is 0.185. The summed E-state index contributed by atoms with van der Waals surface area (Å²) in [4.78, 5) is 28.1. The van der Waals surface area contributed by atoms with E-state index in [4.69, 9.17) is 4.74 Å². The Morgan fingerprint density at radius 3 is 2.31 bits per heavy atom. The summed E-state index contributed by atoms with van der Waals surface area (Å²) in [7, 11) is 5.16. The van der Waals surface area contributed by atoms with Crippen molar-refractivity contribution in [2.75, 3.05) is 21.2 Å². The molecule has 4 rings (SSSR count). The van der Waals surface area contributed by atoms with E-state index in [2.05, 4.69) is 0 Å². The second kappa shape index (κ2) is 9.37. The van der Waals surface area contributed by atoms with E-state index in [0.29, 0.717) is 18.4 Å². The van der Waals surface area contributed by atoms with Gasteiger partial charge in [-0.1, -0.05) is 54.6 Å². The molecule has 1 amide bonds. The number of carbonyl (C=O) groups excluding carboxylic acids is 2. The van der Waals surface area contributed by atoms with Crippen molar-refractivity contribution in [1.82, 2.24) is 4.90 Å². The van der Waals surface area contributed by atoms with Crippen molar-refractivity contribution in [1.29, 1.82) is 0 Å². The highest BCUT2D eigenvalue weighted by Gasteiger charge is 2.22. The molecule has 4 nitrogen and oxygen atoms in total. The van der Waals surface area contributed by atoms with Crippen LogP contribution in [0.1, 0.15) is 27.9 Å². The third-order valence-corrected chi connectivity index (χ3v) is 6.70. The van der Waals surface area contributed by atoms with E-state index >= 15 is 0 Å². The molecule has 0 bridgehead atoms. The lowest BCUT2D eigenvalue weighted by Gasteiger charge is -2.10. The molecule has 3 aromatic carbocycles. The summed E-state index contributed by atoms with van der Waals surface area (Å²) < 4.78 is 6.40. The Labute approximate surface area is 192 Å². The molecule has 0 fully saturated rings. The van der Waals surface area contributed by atoms with Crippen LogP contribution >= 0.6 is 11.3 Å². The van der Waals surface area contributed by atoms with Crippen LogP contribution < -0.4 is 4.74 Å². The molecule has 0 spiro atoms. The van der Waals surface area contributed by atoms with Crippen molar-refractivity contribution in [2.24, 2.45) is 0 Å². The molecule has 1 heterocycles. The number of benzene rings is 3. The van der Waals surface area contributed by atoms with Crippen molar-refractivity contribution in [3.8, 4) is 16.2 Å². The number of thiophene rings is 1. The van der Waals surface area contributed by atoms with Gasteiger partial charge < -0.3 is 9.64 Å². The van der Waals surface area contributed by atoms with Crippen molar-refractivity contribution < 1.29 is 14.3 Å². The first kappa shape index (κ1) is 21.8. The summed E-state index contributed by atoms with van der Waals surface area (Å²) in [5.74, 6) is 0.864. The number of hydrogen-bond acceptors (Lipinski definition) is 4. The highest BCUT2D eigenvalue weighted by atomic mass is 32.1. The van der Waals surface area contributed by atoms with Crippen LogP contribution in [-0.4, -0.2) is 37.8 Å². The van der Waals surface area contributed by atoms with Crippen LogP contribution in [0.15, 0.2) is 72.8 Å². The molecule has 0 aliphatic heterocycles. The zero-order valence-electron chi connectivity index (χ0n) is 18.4. The minimum absolute atomic E-state index is 0.00353. The van der Waals surface area contributed by atoms with E-state index in [9.17, 15) is 9.59 Å². The van der Waals surface area contributed by atoms with Gasteiger partial charge in [0, 0.05) is 46.6 Å². The molecule has 0 atom stereocenters. The van der Waals surface area contributed by atoms with E-state index < -0.39 is 0 Å². The van der Waals surface area contributed by atoms with Gasteiger partial charge in [0.1, 0.15) is 5.75 Å². The molecule has 0 aliphatic rings. The zero-order valence-corrected chi connectivity index (χ0v) is 19.2. The quantitative estimate of drug-likeness (QED) is 0.338. The Bertz CT molecular complexity index is 1260. The number of ketones is 1. The van der Waals surface area contributed by atoms with E-state index in [-0.39, 0.29) is 11.7 Å². The highest BCUT2D eigenvalue weighted by molar-refractivity contribution is 7.22. The van der Waals surface area contributed by atoms with Crippen molar-refractivity contribution in [3.05, 3.63) is 89.5 Å². The number of nitrogens with zero attached hydrogens (tertiary/aromatic N) is 1. The predicted molar refractivity (Wildman–Crippen MR) is 131 cm³/mol. The van der Waals surface area contributed by atoms with Crippen LogP contribution in [-0.2, 0) is 11.2 Å². The van der Waals surface area contributed by atoms with Gasteiger partial charge in [-0.2, -0.15) is 0 Å². The molecule has 32 heavy (non-hydrogen) atoms. The normalized spacial score (nSPS) is 10.8. The Balaban J connectivity index is 1.70. The summed E-state index contributed by atoms with van der Waals surface area (Å²) in [5.41, 5.74) is 3.42. The summed E-state index contributed by atoms with van der Waals surface area (Å²) >= 11 is 1.60. The Morgan fingerprint density at radius 2 is 1.66 bits per heavy atom. The summed E-state index contributed by atoms with van der Waals surface area (Å²) in [6.07, 6.45) is 1.11. The van der Waals surface area contributed by atoms with Gasteiger partial charge in [0.25, 0.3) is 0 Å².